The molecule has 3 aromatic rings. The highest BCUT2D eigenvalue weighted by atomic mass is 32.2. The summed E-state index contributed by atoms with van der Waals surface area (Å²) in [6.07, 6.45) is 5.90. The van der Waals surface area contributed by atoms with Gasteiger partial charge in [0.1, 0.15) is 5.69 Å². The first-order valence-electron chi connectivity index (χ1n) is 12.2. The van der Waals surface area contributed by atoms with E-state index in [0.717, 1.165) is 63.4 Å². The third-order valence-corrected chi connectivity index (χ3v) is 8.48. The van der Waals surface area contributed by atoms with Crippen LogP contribution in [0.2, 0.25) is 0 Å². The summed E-state index contributed by atoms with van der Waals surface area (Å²) < 4.78 is 34.8. The summed E-state index contributed by atoms with van der Waals surface area (Å²) in [6.45, 7) is 1.24. The number of nitrogens with zero attached hydrogens (tertiary/aromatic N) is 5. The number of amides is 1. The maximum atomic E-state index is 13.0. The van der Waals surface area contributed by atoms with Crippen molar-refractivity contribution in [1.29, 1.82) is 0 Å². The molecule has 0 saturated heterocycles. The van der Waals surface area contributed by atoms with Crippen LogP contribution >= 0.6 is 0 Å². The molecule has 0 bridgehead atoms. The number of rotatable bonds is 9. The number of fused-ring (bicyclic) bond motifs is 4. The smallest absolute Gasteiger partial charge is 0.301 e. The van der Waals surface area contributed by atoms with Crippen molar-refractivity contribution in [3.8, 4) is 17.0 Å². The minimum Gasteiger partial charge on any atom is -0.476 e. The lowest BCUT2D eigenvalue weighted by atomic mass is 9.92. The lowest BCUT2D eigenvalue weighted by Gasteiger charge is -2.17. The van der Waals surface area contributed by atoms with Gasteiger partial charge in [0.2, 0.25) is 11.8 Å². The molecule has 1 N–H and O–H groups in total. The topological polar surface area (TPSA) is 108 Å². The Morgan fingerprint density at radius 2 is 1.84 bits per heavy atom. The average molecular weight is 525 g/mol. The molecule has 11 heteroatoms. The van der Waals surface area contributed by atoms with Gasteiger partial charge in [-0.1, -0.05) is 6.07 Å². The number of benzene rings is 1. The van der Waals surface area contributed by atoms with Gasteiger partial charge in [-0.15, -0.1) is 0 Å². The number of aromatic nitrogens is 2. The number of hydrogen-bond acceptors (Lipinski definition) is 7. The molecule has 0 atom stereocenters. The van der Waals surface area contributed by atoms with Crippen molar-refractivity contribution in [2.24, 2.45) is 0 Å². The second-order valence-corrected chi connectivity index (χ2v) is 12.1. The van der Waals surface area contributed by atoms with Crippen molar-refractivity contribution in [3.05, 3.63) is 42.2 Å². The predicted molar refractivity (Wildman–Crippen MR) is 144 cm³/mol. The third kappa shape index (κ3) is 4.51. The average Bonchev–Trinajstić information content (AvgIpc) is 3.63. The molecule has 2 aliphatic rings. The zero-order valence-electron chi connectivity index (χ0n) is 21.8. The summed E-state index contributed by atoms with van der Waals surface area (Å²) >= 11 is 0. The van der Waals surface area contributed by atoms with Gasteiger partial charge in [-0.25, -0.2) is 4.98 Å². The Kier molecular flexibility index (Phi) is 6.33. The second-order valence-electron chi connectivity index (χ2n) is 10.2. The molecule has 1 amide bonds. The maximum Gasteiger partial charge on any atom is 0.301 e. The Balaban J connectivity index is 1.54. The first-order chi connectivity index (χ1) is 17.5. The van der Waals surface area contributed by atoms with Crippen molar-refractivity contribution in [2.75, 3.05) is 58.0 Å². The first kappa shape index (κ1) is 25.4. The minimum atomic E-state index is -3.78. The zero-order chi connectivity index (χ0) is 26.5. The number of ether oxygens (including phenoxy) is 1. The molecule has 1 aromatic carbocycles. The van der Waals surface area contributed by atoms with Gasteiger partial charge in [-0.2, -0.15) is 12.7 Å². The highest BCUT2D eigenvalue weighted by molar-refractivity contribution is 7.90. The molecular formula is C26H32N6O4S. The van der Waals surface area contributed by atoms with Gasteiger partial charge in [-0.05, 0) is 57.1 Å². The van der Waals surface area contributed by atoms with Crippen LogP contribution in [-0.2, 0) is 20.4 Å². The van der Waals surface area contributed by atoms with E-state index in [1.807, 2.05) is 32.3 Å². The number of nitrogens with one attached hydrogen (secondary N) is 1. The molecule has 37 heavy (non-hydrogen) atoms. The normalized spacial score (nSPS) is 16.2. The predicted octanol–water partition coefficient (Wildman–Crippen LogP) is 2.85. The van der Waals surface area contributed by atoms with E-state index in [4.69, 9.17) is 4.74 Å². The van der Waals surface area contributed by atoms with Gasteiger partial charge in [0, 0.05) is 50.4 Å². The van der Waals surface area contributed by atoms with E-state index in [9.17, 15) is 13.2 Å². The van der Waals surface area contributed by atoms with E-state index in [2.05, 4.69) is 19.6 Å². The lowest BCUT2D eigenvalue weighted by molar-refractivity contribution is -0.119. The van der Waals surface area contributed by atoms with Crippen LogP contribution in [0.1, 0.15) is 24.8 Å². The quantitative estimate of drug-likeness (QED) is 0.429. The van der Waals surface area contributed by atoms with E-state index < -0.39 is 15.6 Å². The summed E-state index contributed by atoms with van der Waals surface area (Å²) in [7, 11) is 4.91. The van der Waals surface area contributed by atoms with Crippen LogP contribution in [0.3, 0.4) is 0 Å². The fraction of sp³-hybridized carbons (Fsp3) is 0.423. The Morgan fingerprint density at radius 3 is 2.51 bits per heavy atom. The molecule has 196 valence electrons. The fourth-order valence-corrected chi connectivity index (χ4v) is 5.43. The van der Waals surface area contributed by atoms with Gasteiger partial charge in [0.15, 0.2) is 0 Å². The summed E-state index contributed by atoms with van der Waals surface area (Å²) in [5.74, 6) is 0.348. The zero-order valence-corrected chi connectivity index (χ0v) is 22.6. The van der Waals surface area contributed by atoms with Gasteiger partial charge in [0.05, 0.1) is 29.4 Å². The molecule has 3 heterocycles. The van der Waals surface area contributed by atoms with Crippen molar-refractivity contribution < 1.29 is 17.9 Å². The molecule has 0 radical (unpaired) electrons. The van der Waals surface area contributed by atoms with E-state index in [-0.39, 0.29) is 17.5 Å². The number of hydrogen-bond donors (Lipinski definition) is 1. The Morgan fingerprint density at radius 1 is 1.08 bits per heavy atom. The maximum absolute atomic E-state index is 13.0. The largest absolute Gasteiger partial charge is 0.476 e. The molecular weight excluding hydrogens is 492 g/mol. The Labute approximate surface area is 217 Å². The van der Waals surface area contributed by atoms with Crippen LogP contribution in [0.5, 0.6) is 5.88 Å². The SMILES string of the molecule is CN(C)CCCOc1ncc(-c2ccc3ncc4c(c3c2)C2(CC2)C(=O)N4C)cc1NS(=O)(=O)N(C)C. The van der Waals surface area contributed by atoms with Crippen LogP contribution in [0, 0.1) is 0 Å². The summed E-state index contributed by atoms with van der Waals surface area (Å²) in [5.41, 5.74) is 4.09. The molecule has 0 unspecified atom stereocenters. The monoisotopic (exact) mass is 524 g/mol. The van der Waals surface area contributed by atoms with Crippen molar-refractivity contribution in [3.63, 3.8) is 0 Å². The first-order valence-corrected chi connectivity index (χ1v) is 13.7. The molecule has 1 spiro atoms. The van der Waals surface area contributed by atoms with Crippen molar-refractivity contribution in [2.45, 2.75) is 24.7 Å². The fourth-order valence-electron chi connectivity index (χ4n) is 4.82. The summed E-state index contributed by atoms with van der Waals surface area (Å²) in [5, 5.41) is 0.935. The molecule has 2 aromatic heterocycles. The van der Waals surface area contributed by atoms with Crippen molar-refractivity contribution in [1.82, 2.24) is 19.2 Å². The van der Waals surface area contributed by atoms with Crippen molar-refractivity contribution >= 4 is 38.4 Å². The van der Waals surface area contributed by atoms with Crippen LogP contribution in [0.15, 0.2) is 36.7 Å². The Hall–Kier alpha value is -3.28. The highest BCUT2D eigenvalue weighted by Gasteiger charge is 2.59. The van der Waals surface area contributed by atoms with Gasteiger partial charge < -0.3 is 14.5 Å². The number of pyridine rings is 2. The van der Waals surface area contributed by atoms with Crippen LogP contribution < -0.4 is 14.4 Å². The second kappa shape index (κ2) is 9.23. The van der Waals surface area contributed by atoms with E-state index >= 15 is 0 Å². The van der Waals surface area contributed by atoms with E-state index in [1.165, 1.54) is 14.1 Å². The summed E-state index contributed by atoms with van der Waals surface area (Å²) in [4.78, 5) is 25.8. The number of likely N-dealkylation sites (N-methyl/N-ethyl adjacent to an activating group) is 1. The van der Waals surface area contributed by atoms with Crippen LogP contribution in [0.4, 0.5) is 11.4 Å². The van der Waals surface area contributed by atoms with Gasteiger partial charge >= 0.3 is 10.2 Å². The van der Waals surface area contributed by atoms with E-state index in [0.29, 0.717) is 6.61 Å². The molecule has 1 saturated carbocycles. The van der Waals surface area contributed by atoms with Crippen LogP contribution in [0.25, 0.3) is 22.0 Å². The van der Waals surface area contributed by atoms with Gasteiger partial charge in [0.25, 0.3) is 0 Å². The molecule has 1 aliphatic heterocycles. The standard InChI is InChI=1S/C26H32N6O4S/c1-30(2)11-6-12-36-24-21(29-37(34,35)31(3)4)14-18(15-28-24)17-7-8-20-19(13-17)23-22(16-27-20)32(5)25(33)26(23)9-10-26/h7-8,13-16,29H,6,9-12H2,1-5H3. The number of carbonyl (C=O) groups is 1. The minimum absolute atomic E-state index is 0.125. The lowest BCUT2D eigenvalue weighted by Crippen LogP contribution is -2.29. The van der Waals surface area contributed by atoms with E-state index in [1.54, 1.807) is 30.4 Å². The number of anilines is 2. The molecule has 10 nitrogen and oxygen atoms in total. The highest BCUT2D eigenvalue weighted by Crippen LogP contribution is 2.58. The third-order valence-electron chi connectivity index (χ3n) is 7.04. The molecule has 5 rings (SSSR count). The summed E-state index contributed by atoms with van der Waals surface area (Å²) in [6, 6.07) is 7.61. The van der Waals surface area contributed by atoms with Gasteiger partial charge in [-0.3, -0.25) is 14.5 Å². The molecule has 1 aliphatic carbocycles. The van der Waals surface area contributed by atoms with Crippen LogP contribution in [-0.4, -0.2) is 81.9 Å². The molecule has 1 fully saturated rings. The number of carbonyl (C=O) groups excluding carboxylic acids is 1. The Bertz CT molecular complexity index is 1480.